The molecule has 0 radical (unpaired) electrons. The molecule has 1 amide bonds. The maximum atomic E-state index is 13.4. The van der Waals surface area contributed by atoms with Gasteiger partial charge in [-0.25, -0.2) is 0 Å². The first-order valence-corrected chi connectivity index (χ1v) is 11.2. The summed E-state index contributed by atoms with van der Waals surface area (Å²) in [5.74, 6) is 0.784. The number of benzene rings is 2. The van der Waals surface area contributed by atoms with Gasteiger partial charge >= 0.3 is 0 Å². The molecule has 0 unspecified atom stereocenters. The molecule has 6 rings (SSSR count). The number of hydrogen-bond acceptors (Lipinski definition) is 6. The van der Waals surface area contributed by atoms with Crippen LogP contribution in [0.1, 0.15) is 38.4 Å². The first-order chi connectivity index (χ1) is 14.5. The monoisotopic (exact) mass is 425 g/mol. The number of anilines is 1. The van der Waals surface area contributed by atoms with Crippen molar-refractivity contribution in [2.45, 2.75) is 60.9 Å². The number of carbonyl (C=O) groups excluding carboxylic acids is 1. The summed E-state index contributed by atoms with van der Waals surface area (Å²) < 4.78 is 23.8. The Morgan fingerprint density at radius 1 is 1.07 bits per heavy atom. The van der Waals surface area contributed by atoms with E-state index in [1.165, 1.54) is 4.90 Å². The molecule has 4 aliphatic rings. The Balaban J connectivity index is 1.39. The number of ether oxygens (including phenoxy) is 4. The molecule has 0 bridgehead atoms. The summed E-state index contributed by atoms with van der Waals surface area (Å²) in [6.45, 7) is 4.06. The first-order valence-electron chi connectivity index (χ1n) is 10.3. The maximum Gasteiger partial charge on any atom is 0.231 e. The molecule has 0 saturated carbocycles. The Bertz CT molecular complexity index is 1010. The van der Waals surface area contributed by atoms with Crippen molar-refractivity contribution in [2.24, 2.45) is 0 Å². The molecule has 0 spiro atoms. The van der Waals surface area contributed by atoms with Crippen molar-refractivity contribution in [2.75, 3.05) is 11.7 Å². The fourth-order valence-corrected chi connectivity index (χ4v) is 6.22. The van der Waals surface area contributed by atoms with Crippen molar-refractivity contribution in [1.82, 2.24) is 0 Å². The lowest BCUT2D eigenvalue weighted by Gasteiger charge is -2.46. The van der Waals surface area contributed by atoms with Crippen LogP contribution in [0.15, 0.2) is 47.4 Å². The number of hydrogen-bond donors (Lipinski definition) is 0. The predicted octanol–water partition coefficient (Wildman–Crippen LogP) is 4.28. The van der Waals surface area contributed by atoms with Crippen LogP contribution in [0.25, 0.3) is 0 Å². The van der Waals surface area contributed by atoms with E-state index < -0.39 is 5.79 Å². The lowest BCUT2D eigenvalue weighted by Crippen LogP contribution is -2.57. The van der Waals surface area contributed by atoms with Crippen molar-refractivity contribution in [1.29, 1.82) is 0 Å². The van der Waals surface area contributed by atoms with E-state index in [1.807, 2.05) is 49.1 Å². The topological polar surface area (TPSA) is 57.2 Å². The van der Waals surface area contributed by atoms with E-state index in [2.05, 4.69) is 12.1 Å². The molecule has 30 heavy (non-hydrogen) atoms. The van der Waals surface area contributed by atoms with Gasteiger partial charge in [0, 0.05) is 28.2 Å². The molecule has 0 aromatic heterocycles. The summed E-state index contributed by atoms with van der Waals surface area (Å²) >= 11 is 1.77. The van der Waals surface area contributed by atoms with Gasteiger partial charge < -0.3 is 23.8 Å². The molecule has 4 atom stereocenters. The Labute approximate surface area is 179 Å². The largest absolute Gasteiger partial charge is 0.454 e. The van der Waals surface area contributed by atoms with Crippen molar-refractivity contribution in [3.8, 4) is 11.5 Å². The van der Waals surface area contributed by atoms with Crippen molar-refractivity contribution in [3.63, 3.8) is 0 Å². The molecule has 156 valence electrons. The van der Waals surface area contributed by atoms with Crippen molar-refractivity contribution in [3.05, 3.63) is 48.0 Å². The quantitative estimate of drug-likeness (QED) is 0.716. The van der Waals surface area contributed by atoms with Crippen LogP contribution in [-0.2, 0) is 14.3 Å². The van der Waals surface area contributed by atoms with Crippen LogP contribution >= 0.6 is 11.8 Å². The normalized spacial score (nSPS) is 30.6. The third-order valence-electron chi connectivity index (χ3n) is 6.15. The number of piperidine rings is 1. The summed E-state index contributed by atoms with van der Waals surface area (Å²) in [5.41, 5.74) is 1.80. The highest BCUT2D eigenvalue weighted by Crippen LogP contribution is 2.54. The number of fused-ring (bicyclic) bond motifs is 7. The van der Waals surface area contributed by atoms with Crippen LogP contribution < -0.4 is 14.4 Å². The van der Waals surface area contributed by atoms with E-state index in [4.69, 9.17) is 18.9 Å². The van der Waals surface area contributed by atoms with Gasteiger partial charge in [-0.2, -0.15) is 0 Å². The van der Waals surface area contributed by atoms with E-state index in [-0.39, 0.29) is 36.2 Å². The van der Waals surface area contributed by atoms with Crippen molar-refractivity contribution >= 4 is 23.4 Å². The van der Waals surface area contributed by atoms with Crippen LogP contribution in [0.3, 0.4) is 0 Å². The van der Waals surface area contributed by atoms with E-state index in [1.54, 1.807) is 11.8 Å². The fourth-order valence-electron chi connectivity index (χ4n) is 5.01. The lowest BCUT2D eigenvalue weighted by molar-refractivity contribution is -0.148. The van der Waals surface area contributed by atoms with Gasteiger partial charge in [0.2, 0.25) is 12.7 Å². The van der Waals surface area contributed by atoms with Crippen LogP contribution in [-0.4, -0.2) is 35.9 Å². The molecule has 0 aliphatic carbocycles. The molecule has 0 N–H and O–H groups in total. The molecule has 2 fully saturated rings. The van der Waals surface area contributed by atoms with Gasteiger partial charge in [0.15, 0.2) is 17.3 Å². The number of thioether (sulfide) groups is 1. The van der Waals surface area contributed by atoms with Gasteiger partial charge in [-0.3, -0.25) is 4.79 Å². The first kappa shape index (κ1) is 18.5. The summed E-state index contributed by atoms with van der Waals surface area (Å²) in [6.07, 6.45) is 0.890. The van der Waals surface area contributed by atoms with Gasteiger partial charge in [0.1, 0.15) is 12.2 Å². The molecular weight excluding hydrogens is 402 g/mol. The molecule has 7 heteroatoms. The second kappa shape index (κ2) is 6.64. The highest BCUT2D eigenvalue weighted by molar-refractivity contribution is 8.00. The minimum Gasteiger partial charge on any atom is -0.454 e. The highest BCUT2D eigenvalue weighted by Gasteiger charge is 2.55. The van der Waals surface area contributed by atoms with Crippen LogP contribution in [0, 0.1) is 0 Å². The number of amides is 1. The van der Waals surface area contributed by atoms with Crippen molar-refractivity contribution < 1.29 is 23.7 Å². The Morgan fingerprint density at radius 3 is 2.63 bits per heavy atom. The average molecular weight is 426 g/mol. The Hall–Kier alpha value is -2.22. The molecule has 2 aromatic carbocycles. The standard InChI is InChI=1S/C23H23NO5S/c1-23(2)28-21-15-10-18-19(27-12-26-18)11-16(15)24-17(22(21)29-23)8-14(9-20(24)25)30-13-6-4-3-5-7-13/h3-7,10-11,14,17,21-22H,8-9,12H2,1-2H3/t14-,17+,21+,22+/m1/s1. The third-order valence-corrected chi connectivity index (χ3v) is 7.39. The lowest BCUT2D eigenvalue weighted by atomic mass is 9.84. The van der Waals surface area contributed by atoms with E-state index in [9.17, 15) is 4.79 Å². The van der Waals surface area contributed by atoms with E-state index >= 15 is 0 Å². The Morgan fingerprint density at radius 2 is 1.83 bits per heavy atom. The molecular formula is C23H23NO5S. The fraction of sp³-hybridized carbons (Fsp3) is 0.435. The van der Waals surface area contributed by atoms with Crippen LogP contribution in [0.4, 0.5) is 5.69 Å². The zero-order chi connectivity index (χ0) is 20.5. The average Bonchev–Trinajstić information content (AvgIpc) is 3.30. The summed E-state index contributed by atoms with van der Waals surface area (Å²) in [7, 11) is 0. The molecule has 4 heterocycles. The van der Waals surface area contributed by atoms with Gasteiger partial charge in [-0.05, 0) is 38.5 Å². The van der Waals surface area contributed by atoms with Gasteiger partial charge in [0.05, 0.1) is 11.7 Å². The highest BCUT2D eigenvalue weighted by atomic mass is 32.2. The van der Waals surface area contributed by atoms with E-state index in [0.717, 1.165) is 17.7 Å². The molecule has 2 aromatic rings. The minimum atomic E-state index is -0.707. The van der Waals surface area contributed by atoms with E-state index in [0.29, 0.717) is 17.9 Å². The summed E-state index contributed by atoms with van der Waals surface area (Å²) in [5, 5.41) is 0.199. The third kappa shape index (κ3) is 2.91. The van der Waals surface area contributed by atoms with Gasteiger partial charge in [0.25, 0.3) is 0 Å². The summed E-state index contributed by atoms with van der Waals surface area (Å²) in [4.78, 5) is 16.5. The van der Waals surface area contributed by atoms with Crippen LogP contribution in [0.2, 0.25) is 0 Å². The smallest absolute Gasteiger partial charge is 0.231 e. The van der Waals surface area contributed by atoms with Gasteiger partial charge in [-0.1, -0.05) is 18.2 Å². The SMILES string of the molecule is CC1(C)O[C@@H]2[C@@H](O1)c1cc3c(cc1N1C(=O)C[C@H](Sc4ccccc4)C[C@@H]21)OCO3. The second-order valence-electron chi connectivity index (χ2n) is 8.61. The zero-order valence-corrected chi connectivity index (χ0v) is 17.7. The number of nitrogens with zero attached hydrogens (tertiary/aromatic N) is 1. The predicted molar refractivity (Wildman–Crippen MR) is 112 cm³/mol. The molecule has 2 saturated heterocycles. The zero-order valence-electron chi connectivity index (χ0n) is 16.9. The second-order valence-corrected chi connectivity index (χ2v) is 9.98. The maximum absolute atomic E-state index is 13.4. The number of carbonyl (C=O) groups is 1. The minimum absolute atomic E-state index is 0.0768. The van der Waals surface area contributed by atoms with Crippen LogP contribution in [0.5, 0.6) is 11.5 Å². The number of rotatable bonds is 2. The summed E-state index contributed by atoms with van der Waals surface area (Å²) in [6, 6.07) is 14.1. The Kier molecular flexibility index (Phi) is 4.10. The molecule has 4 aliphatic heterocycles. The molecule has 6 nitrogen and oxygen atoms in total. The van der Waals surface area contributed by atoms with Gasteiger partial charge in [-0.15, -0.1) is 11.8 Å².